The highest BCUT2D eigenvalue weighted by Gasteiger charge is 2.31. The number of hydrogen-bond donors (Lipinski definition) is 0. The Morgan fingerprint density at radius 2 is 1.80 bits per heavy atom. The summed E-state index contributed by atoms with van der Waals surface area (Å²) < 4.78 is 0. The first-order valence-electron chi connectivity index (χ1n) is 3.92. The lowest BCUT2D eigenvalue weighted by molar-refractivity contribution is 0.520. The third kappa shape index (κ3) is 2.06. The molecule has 0 radical (unpaired) electrons. The summed E-state index contributed by atoms with van der Waals surface area (Å²) in [5, 5.41) is 1.29. The standard InChI is InChI=1S/C8H16ClS/c1-10(2)8-6-4-3-5-7(8)9/h7-8H,3-6H2,1-2H3/q+1. The van der Waals surface area contributed by atoms with E-state index in [1.54, 1.807) is 0 Å². The molecule has 1 fully saturated rings. The van der Waals surface area contributed by atoms with Gasteiger partial charge in [-0.1, -0.05) is 6.42 Å². The van der Waals surface area contributed by atoms with Gasteiger partial charge in [0.05, 0.1) is 17.9 Å². The van der Waals surface area contributed by atoms with Crippen LogP contribution in [-0.4, -0.2) is 23.1 Å². The van der Waals surface area contributed by atoms with Gasteiger partial charge in [0.25, 0.3) is 0 Å². The molecular formula is C8H16ClS+. The largest absolute Gasteiger partial charge is 0.133 e. The quantitative estimate of drug-likeness (QED) is 0.429. The summed E-state index contributed by atoms with van der Waals surface area (Å²) in [5.41, 5.74) is 0. The Balaban J connectivity index is 2.40. The van der Waals surface area contributed by atoms with Gasteiger partial charge in [-0.15, -0.1) is 11.6 Å². The van der Waals surface area contributed by atoms with Crippen LogP contribution in [0.4, 0.5) is 0 Å². The summed E-state index contributed by atoms with van der Waals surface area (Å²) in [6.07, 6.45) is 9.99. The van der Waals surface area contributed by atoms with Gasteiger partial charge in [-0.25, -0.2) is 0 Å². The fourth-order valence-electron chi connectivity index (χ4n) is 1.58. The van der Waals surface area contributed by atoms with Gasteiger partial charge in [-0.2, -0.15) is 0 Å². The number of rotatable bonds is 1. The van der Waals surface area contributed by atoms with Crippen molar-refractivity contribution in [1.82, 2.24) is 0 Å². The molecule has 0 spiro atoms. The zero-order valence-electron chi connectivity index (χ0n) is 6.77. The SMILES string of the molecule is C[S+](C)C1CCCCC1Cl. The lowest BCUT2D eigenvalue weighted by atomic mass is 10.00. The highest BCUT2D eigenvalue weighted by atomic mass is 35.5. The topological polar surface area (TPSA) is 0 Å². The Morgan fingerprint density at radius 3 is 2.20 bits per heavy atom. The molecule has 2 heteroatoms. The lowest BCUT2D eigenvalue weighted by Crippen LogP contribution is -2.32. The molecule has 0 heterocycles. The molecule has 0 nitrogen and oxygen atoms in total. The van der Waals surface area contributed by atoms with E-state index >= 15 is 0 Å². The van der Waals surface area contributed by atoms with Gasteiger partial charge < -0.3 is 0 Å². The fourth-order valence-corrected chi connectivity index (χ4v) is 3.84. The normalized spacial score (nSPS) is 34.8. The van der Waals surface area contributed by atoms with Gasteiger partial charge in [-0.3, -0.25) is 0 Å². The first kappa shape index (κ1) is 8.73. The van der Waals surface area contributed by atoms with Gasteiger partial charge in [0, 0.05) is 0 Å². The Labute approximate surface area is 71.7 Å². The monoisotopic (exact) mass is 179 g/mol. The maximum atomic E-state index is 6.18. The third-order valence-corrected chi connectivity index (χ3v) is 4.67. The van der Waals surface area contributed by atoms with Crippen molar-refractivity contribution in [3.05, 3.63) is 0 Å². The second kappa shape index (κ2) is 3.87. The van der Waals surface area contributed by atoms with E-state index < -0.39 is 0 Å². The Morgan fingerprint density at radius 1 is 1.20 bits per heavy atom. The van der Waals surface area contributed by atoms with Crippen LogP contribution < -0.4 is 0 Å². The average Bonchev–Trinajstić information content (AvgIpc) is 1.88. The number of halogens is 1. The summed E-state index contributed by atoms with van der Waals surface area (Å²) in [7, 11) is 0.536. The Bertz CT molecular complexity index is 103. The molecule has 0 aromatic heterocycles. The van der Waals surface area contributed by atoms with E-state index in [1.165, 1.54) is 25.7 Å². The fraction of sp³-hybridized carbons (Fsp3) is 1.00. The highest BCUT2D eigenvalue weighted by Crippen LogP contribution is 2.27. The first-order valence-corrected chi connectivity index (χ1v) is 6.46. The van der Waals surface area contributed by atoms with Crippen LogP contribution in [0.1, 0.15) is 25.7 Å². The molecule has 1 saturated carbocycles. The molecule has 0 aromatic carbocycles. The second-order valence-corrected chi connectivity index (χ2v) is 6.14. The van der Waals surface area contributed by atoms with E-state index in [2.05, 4.69) is 12.5 Å². The summed E-state index contributed by atoms with van der Waals surface area (Å²) in [4.78, 5) is 0. The molecule has 1 rings (SSSR count). The predicted molar refractivity (Wildman–Crippen MR) is 51.1 cm³/mol. The van der Waals surface area contributed by atoms with Crippen molar-refractivity contribution in [1.29, 1.82) is 0 Å². The minimum absolute atomic E-state index is 0.479. The predicted octanol–water partition coefficient (Wildman–Crippen LogP) is 2.41. The lowest BCUT2D eigenvalue weighted by Gasteiger charge is -2.23. The summed E-state index contributed by atoms with van der Waals surface area (Å²) in [6.45, 7) is 0. The zero-order chi connectivity index (χ0) is 7.56. The van der Waals surface area contributed by atoms with Crippen LogP contribution in [0.15, 0.2) is 0 Å². The van der Waals surface area contributed by atoms with Crippen molar-refractivity contribution in [2.75, 3.05) is 12.5 Å². The molecule has 2 unspecified atom stereocenters. The Hall–Kier alpha value is 0.640. The highest BCUT2D eigenvalue weighted by molar-refractivity contribution is 7.96. The van der Waals surface area contributed by atoms with Gasteiger partial charge in [0.2, 0.25) is 0 Å². The van der Waals surface area contributed by atoms with Crippen molar-refractivity contribution in [2.24, 2.45) is 0 Å². The van der Waals surface area contributed by atoms with Crippen LogP contribution in [0.2, 0.25) is 0 Å². The maximum absolute atomic E-state index is 6.18. The smallest absolute Gasteiger partial charge is 0.118 e. The summed E-state index contributed by atoms with van der Waals surface area (Å²) in [5.74, 6) is 0. The van der Waals surface area contributed by atoms with Crippen molar-refractivity contribution < 1.29 is 0 Å². The number of alkyl halides is 1. The van der Waals surface area contributed by atoms with Crippen molar-refractivity contribution >= 4 is 22.5 Å². The van der Waals surface area contributed by atoms with Crippen molar-refractivity contribution in [2.45, 2.75) is 36.3 Å². The molecule has 0 N–H and O–H groups in total. The minimum Gasteiger partial charge on any atom is -0.118 e. The van der Waals surface area contributed by atoms with E-state index in [-0.39, 0.29) is 0 Å². The molecular weight excluding hydrogens is 164 g/mol. The molecule has 10 heavy (non-hydrogen) atoms. The second-order valence-electron chi connectivity index (χ2n) is 3.22. The zero-order valence-corrected chi connectivity index (χ0v) is 8.34. The van der Waals surface area contributed by atoms with Crippen LogP contribution in [0.5, 0.6) is 0 Å². The molecule has 60 valence electrons. The van der Waals surface area contributed by atoms with Gasteiger partial charge in [-0.05, 0) is 30.2 Å². The van der Waals surface area contributed by atoms with Crippen LogP contribution >= 0.6 is 11.6 Å². The molecule has 2 atom stereocenters. The van der Waals surface area contributed by atoms with E-state index in [0.29, 0.717) is 16.3 Å². The molecule has 0 aliphatic heterocycles. The van der Waals surface area contributed by atoms with Gasteiger partial charge >= 0.3 is 0 Å². The first-order chi connectivity index (χ1) is 4.72. The average molecular weight is 180 g/mol. The summed E-state index contributed by atoms with van der Waals surface area (Å²) in [6, 6.07) is 0. The van der Waals surface area contributed by atoms with Crippen molar-refractivity contribution in [3.63, 3.8) is 0 Å². The third-order valence-electron chi connectivity index (χ3n) is 2.23. The molecule has 1 aliphatic carbocycles. The number of hydrogen-bond acceptors (Lipinski definition) is 0. The van der Waals surface area contributed by atoms with Gasteiger partial charge in [0.1, 0.15) is 5.25 Å². The summed E-state index contributed by atoms with van der Waals surface area (Å²) >= 11 is 6.18. The van der Waals surface area contributed by atoms with Crippen LogP contribution in [0.25, 0.3) is 0 Å². The van der Waals surface area contributed by atoms with Crippen LogP contribution in [-0.2, 0) is 10.9 Å². The minimum atomic E-state index is 0.479. The van der Waals surface area contributed by atoms with E-state index in [0.717, 1.165) is 5.25 Å². The molecule has 0 bridgehead atoms. The van der Waals surface area contributed by atoms with Crippen LogP contribution in [0.3, 0.4) is 0 Å². The molecule has 0 aromatic rings. The van der Waals surface area contributed by atoms with Crippen molar-refractivity contribution in [3.8, 4) is 0 Å². The Kier molecular flexibility index (Phi) is 3.38. The van der Waals surface area contributed by atoms with E-state index in [9.17, 15) is 0 Å². The van der Waals surface area contributed by atoms with Gasteiger partial charge in [0.15, 0.2) is 0 Å². The van der Waals surface area contributed by atoms with E-state index in [1.807, 2.05) is 0 Å². The maximum Gasteiger partial charge on any atom is 0.133 e. The molecule has 0 amide bonds. The van der Waals surface area contributed by atoms with E-state index in [4.69, 9.17) is 11.6 Å². The molecule has 0 saturated heterocycles. The van der Waals surface area contributed by atoms with Crippen LogP contribution in [0, 0.1) is 0 Å². The molecule has 1 aliphatic rings.